The minimum absolute atomic E-state index is 0.139. The molecular weight excluding hydrogens is 412 g/mol. The van der Waals surface area contributed by atoms with E-state index < -0.39 is 11.6 Å². The second-order valence-corrected chi connectivity index (χ2v) is 7.67. The van der Waals surface area contributed by atoms with Crippen LogP contribution in [0.3, 0.4) is 0 Å². The summed E-state index contributed by atoms with van der Waals surface area (Å²) in [7, 11) is 0. The van der Waals surface area contributed by atoms with Crippen molar-refractivity contribution in [1.29, 1.82) is 0 Å². The highest BCUT2D eigenvalue weighted by molar-refractivity contribution is 9.11. The first-order valence-corrected chi connectivity index (χ1v) is 8.56. The Morgan fingerprint density at radius 1 is 1.20 bits per heavy atom. The summed E-state index contributed by atoms with van der Waals surface area (Å²) < 4.78 is 29.0. The van der Waals surface area contributed by atoms with Crippen molar-refractivity contribution in [3.05, 3.63) is 54.6 Å². The number of benzene rings is 1. The van der Waals surface area contributed by atoms with Gasteiger partial charge in [-0.2, -0.15) is 0 Å². The van der Waals surface area contributed by atoms with Crippen molar-refractivity contribution in [3.63, 3.8) is 0 Å². The first-order valence-electron chi connectivity index (χ1n) is 6.16. The molecule has 0 saturated carbocycles. The average Bonchev–Trinajstić information content (AvgIpc) is 2.82. The number of thiophene rings is 1. The summed E-state index contributed by atoms with van der Waals surface area (Å²) in [6, 6.07) is 5.91. The van der Waals surface area contributed by atoms with Crippen molar-refractivity contribution in [3.8, 4) is 0 Å². The first kappa shape index (κ1) is 16.1. The summed E-state index contributed by atoms with van der Waals surface area (Å²) in [6.45, 7) is 2.77. The summed E-state index contributed by atoms with van der Waals surface area (Å²) in [6.07, 6.45) is 0.920. The number of hydrogen-bond acceptors (Lipinski definition) is 2. The molecule has 0 saturated heterocycles. The molecule has 1 N–H and O–H groups in total. The SMILES string of the molecule is CCCNC(c1ccc(Br)s1)c1cc(F)c(Br)cc1F. The second kappa shape index (κ2) is 7.11. The molecule has 1 nitrogen and oxygen atoms in total. The Balaban J connectivity index is 2.43. The topological polar surface area (TPSA) is 12.0 Å². The van der Waals surface area contributed by atoms with Crippen LogP contribution in [0.15, 0.2) is 32.5 Å². The third-order valence-electron chi connectivity index (χ3n) is 2.83. The quantitative estimate of drug-likeness (QED) is 0.612. The smallest absolute Gasteiger partial charge is 0.137 e. The largest absolute Gasteiger partial charge is 0.306 e. The minimum Gasteiger partial charge on any atom is -0.306 e. The van der Waals surface area contributed by atoms with Crippen molar-refractivity contribution >= 4 is 43.2 Å². The van der Waals surface area contributed by atoms with E-state index in [1.807, 2.05) is 19.1 Å². The molecular formula is C14H13Br2F2NS. The van der Waals surface area contributed by atoms with E-state index in [1.165, 1.54) is 23.5 Å². The third kappa shape index (κ3) is 3.67. The van der Waals surface area contributed by atoms with E-state index in [-0.39, 0.29) is 10.5 Å². The molecule has 1 heterocycles. The fourth-order valence-corrected chi connectivity index (χ4v) is 3.73. The Kier molecular flexibility index (Phi) is 5.72. The Hall–Kier alpha value is -0.300. The summed E-state index contributed by atoms with van der Waals surface area (Å²) in [5.74, 6) is -0.878. The number of nitrogens with one attached hydrogen (secondary N) is 1. The molecule has 2 rings (SSSR count). The van der Waals surface area contributed by atoms with Crippen LogP contribution in [0.4, 0.5) is 8.78 Å². The van der Waals surface area contributed by atoms with E-state index in [9.17, 15) is 8.78 Å². The molecule has 1 aromatic heterocycles. The molecule has 0 amide bonds. The molecule has 0 aliphatic rings. The predicted molar refractivity (Wildman–Crippen MR) is 86.2 cm³/mol. The highest BCUT2D eigenvalue weighted by Crippen LogP contribution is 2.34. The Morgan fingerprint density at radius 2 is 1.95 bits per heavy atom. The average molecular weight is 425 g/mol. The lowest BCUT2D eigenvalue weighted by Gasteiger charge is -2.18. The fraction of sp³-hybridized carbons (Fsp3) is 0.286. The van der Waals surface area contributed by atoms with Gasteiger partial charge in [-0.05, 0) is 69.1 Å². The van der Waals surface area contributed by atoms with Gasteiger partial charge in [-0.25, -0.2) is 8.78 Å². The zero-order valence-electron chi connectivity index (χ0n) is 10.7. The van der Waals surface area contributed by atoms with E-state index >= 15 is 0 Å². The molecule has 0 radical (unpaired) electrons. The van der Waals surface area contributed by atoms with Crippen molar-refractivity contribution in [2.24, 2.45) is 0 Å². The lowest BCUT2D eigenvalue weighted by atomic mass is 10.0. The van der Waals surface area contributed by atoms with E-state index in [4.69, 9.17) is 0 Å². The maximum atomic E-state index is 14.2. The second-order valence-electron chi connectivity index (χ2n) is 4.32. The maximum Gasteiger partial charge on any atom is 0.137 e. The van der Waals surface area contributed by atoms with Gasteiger partial charge < -0.3 is 5.32 Å². The van der Waals surface area contributed by atoms with Crippen LogP contribution >= 0.6 is 43.2 Å². The summed E-state index contributed by atoms with van der Waals surface area (Å²) in [4.78, 5) is 0.950. The van der Waals surface area contributed by atoms with E-state index in [2.05, 4.69) is 37.2 Å². The van der Waals surface area contributed by atoms with Crippen molar-refractivity contribution < 1.29 is 8.78 Å². The van der Waals surface area contributed by atoms with Gasteiger partial charge in [-0.1, -0.05) is 6.92 Å². The Morgan fingerprint density at radius 3 is 2.55 bits per heavy atom. The molecule has 0 spiro atoms. The van der Waals surface area contributed by atoms with E-state index in [1.54, 1.807) is 0 Å². The molecule has 2 aromatic rings. The van der Waals surface area contributed by atoms with Gasteiger partial charge in [0, 0.05) is 10.4 Å². The highest BCUT2D eigenvalue weighted by Gasteiger charge is 2.21. The van der Waals surface area contributed by atoms with Gasteiger partial charge >= 0.3 is 0 Å². The third-order valence-corrected chi connectivity index (χ3v) is 5.12. The molecule has 6 heteroatoms. The Bertz CT molecular complexity index is 601. The lowest BCUT2D eigenvalue weighted by molar-refractivity contribution is 0.536. The van der Waals surface area contributed by atoms with Crippen LogP contribution < -0.4 is 5.32 Å². The number of hydrogen-bond donors (Lipinski definition) is 1. The van der Waals surface area contributed by atoms with Crippen LogP contribution in [0.25, 0.3) is 0 Å². The lowest BCUT2D eigenvalue weighted by Crippen LogP contribution is -2.23. The molecule has 0 fully saturated rings. The van der Waals surface area contributed by atoms with Gasteiger partial charge in [0.25, 0.3) is 0 Å². The number of rotatable bonds is 5. The van der Waals surface area contributed by atoms with Crippen molar-refractivity contribution in [2.75, 3.05) is 6.54 Å². The normalized spacial score (nSPS) is 12.7. The molecule has 0 bridgehead atoms. The summed E-state index contributed by atoms with van der Waals surface area (Å²) in [5, 5.41) is 3.27. The molecule has 1 unspecified atom stereocenters. The zero-order chi connectivity index (χ0) is 14.7. The molecule has 0 aliphatic carbocycles. The number of halogens is 4. The van der Waals surface area contributed by atoms with Gasteiger partial charge in [-0.3, -0.25) is 0 Å². The highest BCUT2D eigenvalue weighted by atomic mass is 79.9. The van der Waals surface area contributed by atoms with Gasteiger partial charge in [-0.15, -0.1) is 11.3 Å². The monoisotopic (exact) mass is 423 g/mol. The molecule has 1 aromatic carbocycles. The maximum absolute atomic E-state index is 14.2. The van der Waals surface area contributed by atoms with Crippen LogP contribution in [-0.2, 0) is 0 Å². The predicted octanol–water partition coefficient (Wildman–Crippen LogP) is 5.64. The molecule has 108 valence electrons. The van der Waals surface area contributed by atoms with Crippen LogP contribution in [0.5, 0.6) is 0 Å². The van der Waals surface area contributed by atoms with Gasteiger partial charge in [0.15, 0.2) is 0 Å². The van der Waals surface area contributed by atoms with E-state index in [0.29, 0.717) is 5.56 Å². The molecule has 1 atom stereocenters. The Labute approximate surface area is 137 Å². The summed E-state index contributed by atoms with van der Waals surface area (Å²) >= 11 is 7.92. The van der Waals surface area contributed by atoms with Crippen molar-refractivity contribution in [1.82, 2.24) is 5.32 Å². The standard InChI is InChI=1S/C14H13Br2F2NS/c1-2-5-19-14(12-3-4-13(16)20-12)8-6-11(18)9(15)7-10(8)17/h3-4,6-7,14,19H,2,5H2,1H3. The minimum atomic E-state index is -0.458. The first-order chi connectivity index (χ1) is 9.52. The van der Waals surface area contributed by atoms with Gasteiger partial charge in [0.1, 0.15) is 11.6 Å². The molecule has 20 heavy (non-hydrogen) atoms. The van der Waals surface area contributed by atoms with E-state index in [0.717, 1.165) is 21.6 Å². The fourth-order valence-electron chi connectivity index (χ4n) is 1.90. The van der Waals surface area contributed by atoms with Gasteiger partial charge in [0.05, 0.1) is 14.3 Å². The van der Waals surface area contributed by atoms with Crippen LogP contribution in [-0.4, -0.2) is 6.54 Å². The van der Waals surface area contributed by atoms with Crippen molar-refractivity contribution in [2.45, 2.75) is 19.4 Å². The van der Waals surface area contributed by atoms with Crippen LogP contribution in [0.1, 0.15) is 29.8 Å². The molecule has 0 aliphatic heterocycles. The van der Waals surface area contributed by atoms with Gasteiger partial charge in [0.2, 0.25) is 0 Å². The van der Waals surface area contributed by atoms with Crippen LogP contribution in [0.2, 0.25) is 0 Å². The zero-order valence-corrected chi connectivity index (χ0v) is 14.7. The summed E-state index contributed by atoms with van der Waals surface area (Å²) in [5.41, 5.74) is 0.327. The van der Waals surface area contributed by atoms with Crippen LogP contribution in [0, 0.1) is 11.6 Å².